The number of rotatable bonds is 6. The van der Waals surface area contributed by atoms with Crippen LogP contribution in [0.3, 0.4) is 0 Å². The van der Waals surface area contributed by atoms with Crippen LogP contribution in [0.5, 0.6) is 0 Å². The minimum Gasteiger partial charge on any atom is -0.455 e. The van der Waals surface area contributed by atoms with Crippen molar-refractivity contribution in [1.82, 2.24) is 10.2 Å². The first kappa shape index (κ1) is 18.2. The highest BCUT2D eigenvalue weighted by atomic mass is 16.5. The van der Waals surface area contributed by atoms with Gasteiger partial charge in [0.15, 0.2) is 6.61 Å². The largest absolute Gasteiger partial charge is 0.455 e. The molecule has 6 nitrogen and oxygen atoms in total. The molecule has 1 N–H and O–H groups in total. The van der Waals surface area contributed by atoms with E-state index in [0.717, 1.165) is 18.4 Å². The first-order valence-corrected chi connectivity index (χ1v) is 9.10. The number of esters is 1. The van der Waals surface area contributed by atoms with E-state index in [2.05, 4.69) is 5.32 Å². The van der Waals surface area contributed by atoms with Crippen LogP contribution in [-0.2, 0) is 19.1 Å². The summed E-state index contributed by atoms with van der Waals surface area (Å²) in [5.74, 6) is -0.877. The Labute approximate surface area is 153 Å². The van der Waals surface area contributed by atoms with Gasteiger partial charge in [-0.1, -0.05) is 30.3 Å². The average Bonchev–Trinajstić information content (AvgIpc) is 3.49. The molecule has 6 heteroatoms. The predicted octanol–water partition coefficient (Wildman–Crippen LogP) is 1.76. The van der Waals surface area contributed by atoms with Crippen molar-refractivity contribution >= 4 is 23.9 Å². The predicted molar refractivity (Wildman–Crippen MR) is 96.9 cm³/mol. The lowest BCUT2D eigenvalue weighted by Crippen LogP contribution is -2.40. The Kier molecular flexibility index (Phi) is 6.04. The summed E-state index contributed by atoms with van der Waals surface area (Å²) in [7, 11) is 0. The van der Waals surface area contributed by atoms with Gasteiger partial charge in [0.05, 0.1) is 5.92 Å². The molecule has 0 spiro atoms. The number of carbonyl (C=O) groups is 3. The Morgan fingerprint density at radius 1 is 1.08 bits per heavy atom. The van der Waals surface area contributed by atoms with E-state index >= 15 is 0 Å². The van der Waals surface area contributed by atoms with E-state index in [1.807, 2.05) is 30.3 Å². The van der Waals surface area contributed by atoms with E-state index in [1.54, 1.807) is 17.1 Å². The number of nitrogens with one attached hydrogen (secondary N) is 1. The van der Waals surface area contributed by atoms with Crippen LogP contribution >= 0.6 is 0 Å². The molecule has 0 radical (unpaired) electrons. The van der Waals surface area contributed by atoms with Crippen LogP contribution in [0.4, 0.5) is 0 Å². The highest BCUT2D eigenvalue weighted by Gasteiger charge is 2.29. The van der Waals surface area contributed by atoms with E-state index in [0.29, 0.717) is 25.9 Å². The van der Waals surface area contributed by atoms with E-state index in [1.165, 1.54) is 0 Å². The number of amides is 2. The van der Waals surface area contributed by atoms with Crippen LogP contribution in [0.2, 0.25) is 0 Å². The molecule has 2 amide bonds. The number of carbonyl (C=O) groups excluding carboxylic acids is 3. The molecule has 26 heavy (non-hydrogen) atoms. The highest BCUT2D eigenvalue weighted by molar-refractivity contribution is 5.92. The Morgan fingerprint density at radius 2 is 1.77 bits per heavy atom. The van der Waals surface area contributed by atoms with Crippen molar-refractivity contribution in [3.05, 3.63) is 42.0 Å². The zero-order valence-electron chi connectivity index (χ0n) is 14.7. The molecule has 2 fully saturated rings. The molecule has 1 aliphatic heterocycles. The molecular formula is C20H24N2O4. The molecule has 1 aromatic rings. The summed E-state index contributed by atoms with van der Waals surface area (Å²) in [4.78, 5) is 37.6. The number of likely N-dealkylation sites (tertiary alicyclic amines) is 1. The SMILES string of the molecule is O=C(COC(=O)C1CCN(C(=O)/C=C/c2ccccc2)CC1)NC1CC1. The topological polar surface area (TPSA) is 75.7 Å². The Bertz CT molecular complexity index is 674. The summed E-state index contributed by atoms with van der Waals surface area (Å²) in [6.07, 6.45) is 6.50. The molecular weight excluding hydrogens is 332 g/mol. The van der Waals surface area contributed by atoms with Gasteiger partial charge in [0.1, 0.15) is 0 Å². The Morgan fingerprint density at radius 3 is 2.42 bits per heavy atom. The van der Waals surface area contributed by atoms with Crippen molar-refractivity contribution in [3.8, 4) is 0 Å². The lowest BCUT2D eigenvalue weighted by atomic mass is 9.97. The molecule has 1 heterocycles. The van der Waals surface area contributed by atoms with Crippen molar-refractivity contribution < 1.29 is 19.1 Å². The zero-order valence-corrected chi connectivity index (χ0v) is 14.7. The molecule has 3 rings (SSSR count). The Hall–Kier alpha value is -2.63. The summed E-state index contributed by atoms with van der Waals surface area (Å²) < 4.78 is 5.10. The van der Waals surface area contributed by atoms with Crippen molar-refractivity contribution in [2.45, 2.75) is 31.7 Å². The van der Waals surface area contributed by atoms with Gasteiger partial charge in [0.25, 0.3) is 5.91 Å². The number of nitrogens with zero attached hydrogens (tertiary/aromatic N) is 1. The van der Waals surface area contributed by atoms with Crippen LogP contribution in [0.15, 0.2) is 36.4 Å². The summed E-state index contributed by atoms with van der Waals surface area (Å²) in [5, 5.41) is 2.78. The van der Waals surface area contributed by atoms with Crippen molar-refractivity contribution in [3.63, 3.8) is 0 Å². The average molecular weight is 356 g/mol. The molecule has 2 aliphatic rings. The number of hydrogen-bond acceptors (Lipinski definition) is 4. The van der Waals surface area contributed by atoms with E-state index < -0.39 is 0 Å². The zero-order chi connectivity index (χ0) is 18.4. The van der Waals surface area contributed by atoms with Gasteiger partial charge in [-0.15, -0.1) is 0 Å². The maximum Gasteiger partial charge on any atom is 0.309 e. The quantitative estimate of drug-likeness (QED) is 0.622. The van der Waals surface area contributed by atoms with Gasteiger partial charge < -0.3 is 15.0 Å². The number of piperidine rings is 1. The van der Waals surface area contributed by atoms with Gasteiger partial charge in [-0.25, -0.2) is 0 Å². The fourth-order valence-electron chi connectivity index (χ4n) is 2.92. The van der Waals surface area contributed by atoms with Gasteiger partial charge in [-0.2, -0.15) is 0 Å². The lowest BCUT2D eigenvalue weighted by molar-refractivity contribution is -0.154. The van der Waals surface area contributed by atoms with Gasteiger partial charge in [0.2, 0.25) is 5.91 Å². The normalized spacial score (nSPS) is 17.9. The van der Waals surface area contributed by atoms with Crippen LogP contribution in [-0.4, -0.2) is 48.4 Å². The van der Waals surface area contributed by atoms with Crippen LogP contribution in [0.1, 0.15) is 31.2 Å². The number of benzene rings is 1. The second-order valence-corrected chi connectivity index (χ2v) is 6.79. The molecule has 138 valence electrons. The standard InChI is InChI=1S/C20H24N2O4/c23-18(21-17-7-8-17)14-26-20(25)16-10-12-22(13-11-16)19(24)9-6-15-4-2-1-3-5-15/h1-6,9,16-17H,7-8,10-14H2,(H,21,23)/b9-6+. The van der Waals surface area contributed by atoms with Crippen LogP contribution < -0.4 is 5.32 Å². The van der Waals surface area contributed by atoms with Crippen molar-refractivity contribution in [2.75, 3.05) is 19.7 Å². The molecule has 0 aromatic heterocycles. The van der Waals surface area contributed by atoms with Crippen molar-refractivity contribution in [1.29, 1.82) is 0 Å². The smallest absolute Gasteiger partial charge is 0.309 e. The molecule has 1 saturated heterocycles. The molecule has 1 saturated carbocycles. The first-order chi connectivity index (χ1) is 12.6. The molecule has 1 aromatic carbocycles. The maximum atomic E-state index is 12.2. The Balaban J connectivity index is 1.38. The molecule has 0 unspecified atom stereocenters. The van der Waals surface area contributed by atoms with Gasteiger partial charge in [0, 0.05) is 25.2 Å². The van der Waals surface area contributed by atoms with Crippen molar-refractivity contribution in [2.24, 2.45) is 5.92 Å². The summed E-state index contributed by atoms with van der Waals surface area (Å²) in [5.41, 5.74) is 0.976. The highest BCUT2D eigenvalue weighted by Crippen LogP contribution is 2.20. The summed E-state index contributed by atoms with van der Waals surface area (Å²) in [6.45, 7) is 0.826. The van der Waals surface area contributed by atoms with Gasteiger partial charge in [-0.3, -0.25) is 14.4 Å². The van der Waals surface area contributed by atoms with Crippen LogP contribution in [0.25, 0.3) is 6.08 Å². The van der Waals surface area contributed by atoms with E-state index in [-0.39, 0.29) is 36.4 Å². The minimum atomic E-state index is -0.345. The third-order valence-electron chi connectivity index (χ3n) is 4.65. The first-order valence-electron chi connectivity index (χ1n) is 9.10. The second-order valence-electron chi connectivity index (χ2n) is 6.79. The monoisotopic (exact) mass is 356 g/mol. The number of ether oxygens (including phenoxy) is 1. The van der Waals surface area contributed by atoms with Gasteiger partial charge in [-0.05, 0) is 37.3 Å². The van der Waals surface area contributed by atoms with E-state index in [9.17, 15) is 14.4 Å². The fraction of sp³-hybridized carbons (Fsp3) is 0.450. The molecule has 0 atom stereocenters. The lowest BCUT2D eigenvalue weighted by Gasteiger charge is -2.30. The van der Waals surface area contributed by atoms with E-state index in [4.69, 9.17) is 4.74 Å². The summed E-state index contributed by atoms with van der Waals surface area (Å²) in [6, 6.07) is 9.91. The summed E-state index contributed by atoms with van der Waals surface area (Å²) >= 11 is 0. The molecule has 0 bridgehead atoms. The third-order valence-corrected chi connectivity index (χ3v) is 4.65. The van der Waals surface area contributed by atoms with Crippen LogP contribution in [0, 0.1) is 5.92 Å². The number of hydrogen-bond donors (Lipinski definition) is 1. The minimum absolute atomic E-state index is 0.0514. The fourth-order valence-corrected chi connectivity index (χ4v) is 2.92. The van der Waals surface area contributed by atoms with Gasteiger partial charge >= 0.3 is 5.97 Å². The maximum absolute atomic E-state index is 12.2. The second kappa shape index (κ2) is 8.65. The third kappa shape index (κ3) is 5.44. The molecule has 1 aliphatic carbocycles.